The van der Waals surface area contributed by atoms with Gasteiger partial charge in [0.2, 0.25) is 0 Å². The molecule has 2 heterocycles. The van der Waals surface area contributed by atoms with Crippen LogP contribution in [0.1, 0.15) is 5.69 Å². The van der Waals surface area contributed by atoms with E-state index >= 15 is 0 Å². The highest BCUT2D eigenvalue weighted by molar-refractivity contribution is 9.10. The van der Waals surface area contributed by atoms with Gasteiger partial charge in [-0.15, -0.1) is 0 Å². The van der Waals surface area contributed by atoms with Crippen LogP contribution in [0.4, 0.5) is 4.39 Å². The standard InChI is InChI=1S/C13H10BrFN4/c14-10-3-11(15)5-13(4-10)19-7-12(17-9-19)6-18-2-1-16-8-18/h1-5,7-9H,6H2. The van der Waals surface area contributed by atoms with Crippen LogP contribution < -0.4 is 0 Å². The molecule has 0 amide bonds. The minimum absolute atomic E-state index is 0.283. The normalized spacial score (nSPS) is 10.8. The second kappa shape index (κ2) is 4.97. The Morgan fingerprint density at radius 2 is 2.11 bits per heavy atom. The van der Waals surface area contributed by atoms with Gasteiger partial charge in [-0.2, -0.15) is 0 Å². The Balaban J connectivity index is 1.88. The highest BCUT2D eigenvalue weighted by Gasteiger charge is 2.04. The van der Waals surface area contributed by atoms with Crippen molar-refractivity contribution < 1.29 is 4.39 Å². The molecule has 0 unspecified atom stereocenters. The van der Waals surface area contributed by atoms with Gasteiger partial charge in [0.05, 0.1) is 30.6 Å². The molecule has 4 nitrogen and oxygen atoms in total. The number of benzene rings is 1. The largest absolute Gasteiger partial charge is 0.331 e. The quantitative estimate of drug-likeness (QED) is 0.743. The molecule has 0 aliphatic carbocycles. The third kappa shape index (κ3) is 2.73. The van der Waals surface area contributed by atoms with E-state index in [4.69, 9.17) is 0 Å². The van der Waals surface area contributed by atoms with Crippen LogP contribution in [0.3, 0.4) is 0 Å². The van der Waals surface area contributed by atoms with Crippen LogP contribution in [0.15, 0.2) is 53.9 Å². The molecule has 0 aliphatic heterocycles. The van der Waals surface area contributed by atoms with Gasteiger partial charge in [0.25, 0.3) is 0 Å². The molecule has 0 fully saturated rings. The van der Waals surface area contributed by atoms with Crippen molar-refractivity contribution in [1.82, 2.24) is 19.1 Å². The van der Waals surface area contributed by atoms with Crippen molar-refractivity contribution in [3.63, 3.8) is 0 Å². The molecule has 0 radical (unpaired) electrons. The Hall–Kier alpha value is -1.95. The van der Waals surface area contributed by atoms with E-state index in [1.165, 1.54) is 12.1 Å². The Labute approximate surface area is 117 Å². The summed E-state index contributed by atoms with van der Waals surface area (Å²) < 4.78 is 17.8. The topological polar surface area (TPSA) is 35.6 Å². The molecule has 0 N–H and O–H groups in total. The van der Waals surface area contributed by atoms with Gasteiger partial charge in [-0.1, -0.05) is 15.9 Å². The molecule has 2 aromatic heterocycles. The first-order valence-electron chi connectivity index (χ1n) is 5.66. The summed E-state index contributed by atoms with van der Waals surface area (Å²) in [5.41, 5.74) is 1.62. The maximum absolute atomic E-state index is 13.3. The summed E-state index contributed by atoms with van der Waals surface area (Å²) >= 11 is 3.28. The molecule has 0 saturated carbocycles. The highest BCUT2D eigenvalue weighted by atomic mass is 79.9. The van der Waals surface area contributed by atoms with Gasteiger partial charge < -0.3 is 9.13 Å². The summed E-state index contributed by atoms with van der Waals surface area (Å²) in [4.78, 5) is 8.28. The maximum Gasteiger partial charge on any atom is 0.126 e. The highest BCUT2D eigenvalue weighted by Crippen LogP contribution is 2.18. The second-order valence-corrected chi connectivity index (χ2v) is 5.05. The molecule has 3 rings (SSSR count). The first-order valence-corrected chi connectivity index (χ1v) is 6.45. The Kier molecular flexibility index (Phi) is 3.16. The lowest BCUT2D eigenvalue weighted by Gasteiger charge is -2.03. The molecule has 3 aromatic rings. The zero-order valence-corrected chi connectivity index (χ0v) is 11.5. The Morgan fingerprint density at radius 3 is 2.84 bits per heavy atom. The van der Waals surface area contributed by atoms with Crippen LogP contribution in [0, 0.1) is 5.82 Å². The summed E-state index contributed by atoms with van der Waals surface area (Å²) in [5, 5.41) is 0. The van der Waals surface area contributed by atoms with Gasteiger partial charge in [0.15, 0.2) is 0 Å². The van der Waals surface area contributed by atoms with Crippen LogP contribution >= 0.6 is 15.9 Å². The van der Waals surface area contributed by atoms with Gasteiger partial charge in [-0.25, -0.2) is 14.4 Å². The lowest BCUT2D eigenvalue weighted by molar-refractivity contribution is 0.625. The predicted octanol–water partition coefficient (Wildman–Crippen LogP) is 3.02. The van der Waals surface area contributed by atoms with Crippen LogP contribution in [-0.2, 0) is 6.54 Å². The van der Waals surface area contributed by atoms with Gasteiger partial charge >= 0.3 is 0 Å². The van der Waals surface area contributed by atoms with Crippen molar-refractivity contribution in [3.05, 3.63) is 65.4 Å². The number of hydrogen-bond acceptors (Lipinski definition) is 2. The SMILES string of the molecule is Fc1cc(Br)cc(-n2cnc(Cn3ccnc3)c2)c1. The average molecular weight is 321 g/mol. The third-order valence-electron chi connectivity index (χ3n) is 2.69. The number of aromatic nitrogens is 4. The number of halogens is 2. The minimum atomic E-state index is -0.283. The van der Waals surface area contributed by atoms with Crippen molar-refractivity contribution in [1.29, 1.82) is 0 Å². The first-order chi connectivity index (χ1) is 9.20. The first kappa shape index (κ1) is 12.1. The number of nitrogens with zero attached hydrogens (tertiary/aromatic N) is 4. The Morgan fingerprint density at radius 1 is 1.21 bits per heavy atom. The van der Waals surface area contributed by atoms with Crippen molar-refractivity contribution in [3.8, 4) is 5.69 Å². The number of rotatable bonds is 3. The zero-order chi connectivity index (χ0) is 13.2. The molecule has 96 valence electrons. The van der Waals surface area contributed by atoms with Crippen molar-refractivity contribution in [2.24, 2.45) is 0 Å². The van der Waals surface area contributed by atoms with E-state index in [-0.39, 0.29) is 5.82 Å². The summed E-state index contributed by atoms with van der Waals surface area (Å²) in [7, 11) is 0. The lowest BCUT2D eigenvalue weighted by atomic mass is 10.3. The van der Waals surface area contributed by atoms with E-state index in [2.05, 4.69) is 25.9 Å². The molecule has 0 aliphatic rings. The summed E-state index contributed by atoms with van der Waals surface area (Å²) in [6.45, 7) is 0.642. The van der Waals surface area contributed by atoms with Crippen LogP contribution in [0.2, 0.25) is 0 Å². The van der Waals surface area contributed by atoms with E-state index in [0.717, 1.165) is 11.4 Å². The molecule has 0 spiro atoms. The fourth-order valence-electron chi connectivity index (χ4n) is 1.84. The Bertz CT molecular complexity index is 670. The lowest BCUT2D eigenvalue weighted by Crippen LogP contribution is -1.96. The van der Waals surface area contributed by atoms with Gasteiger partial charge in [-0.3, -0.25) is 0 Å². The third-order valence-corrected chi connectivity index (χ3v) is 3.14. The summed E-state index contributed by atoms with van der Waals surface area (Å²) in [5.74, 6) is -0.283. The van der Waals surface area contributed by atoms with E-state index < -0.39 is 0 Å². The van der Waals surface area contributed by atoms with E-state index in [1.54, 1.807) is 23.4 Å². The molecule has 0 saturated heterocycles. The predicted molar refractivity (Wildman–Crippen MR) is 72.6 cm³/mol. The minimum Gasteiger partial charge on any atom is -0.331 e. The van der Waals surface area contributed by atoms with Crippen LogP contribution in [-0.4, -0.2) is 19.1 Å². The molecular weight excluding hydrogens is 311 g/mol. The second-order valence-electron chi connectivity index (χ2n) is 4.13. The molecule has 6 heteroatoms. The van der Waals surface area contributed by atoms with Crippen molar-refractivity contribution in [2.75, 3.05) is 0 Å². The monoisotopic (exact) mass is 320 g/mol. The van der Waals surface area contributed by atoms with Crippen LogP contribution in [0.25, 0.3) is 5.69 Å². The fourth-order valence-corrected chi connectivity index (χ4v) is 2.30. The molecule has 1 aromatic carbocycles. The smallest absolute Gasteiger partial charge is 0.126 e. The maximum atomic E-state index is 13.3. The van der Waals surface area contributed by atoms with Crippen molar-refractivity contribution in [2.45, 2.75) is 6.54 Å². The fraction of sp³-hybridized carbons (Fsp3) is 0.0769. The van der Waals surface area contributed by atoms with Crippen LogP contribution in [0.5, 0.6) is 0 Å². The molecule has 19 heavy (non-hydrogen) atoms. The molecular formula is C13H10BrFN4. The van der Waals surface area contributed by atoms with Gasteiger partial charge in [0, 0.05) is 23.1 Å². The van der Waals surface area contributed by atoms with E-state index in [9.17, 15) is 4.39 Å². The summed E-state index contributed by atoms with van der Waals surface area (Å²) in [6.07, 6.45) is 8.88. The van der Waals surface area contributed by atoms with Crippen molar-refractivity contribution >= 4 is 15.9 Å². The molecule has 0 bridgehead atoms. The van der Waals surface area contributed by atoms with Gasteiger partial charge in [0.1, 0.15) is 5.82 Å². The van der Waals surface area contributed by atoms with E-state index in [1.807, 2.05) is 23.0 Å². The number of imidazole rings is 2. The van der Waals surface area contributed by atoms with Gasteiger partial charge in [-0.05, 0) is 18.2 Å². The molecule has 0 atom stereocenters. The van der Waals surface area contributed by atoms with E-state index in [0.29, 0.717) is 11.0 Å². The zero-order valence-electron chi connectivity index (χ0n) is 9.87. The average Bonchev–Trinajstić information content (AvgIpc) is 2.99. The summed E-state index contributed by atoms with van der Waals surface area (Å²) in [6, 6.07) is 4.73. The number of hydrogen-bond donors (Lipinski definition) is 0.